The van der Waals surface area contributed by atoms with Crippen molar-refractivity contribution >= 4 is 36.3 Å². The molecule has 1 saturated carbocycles. The highest BCUT2D eigenvalue weighted by Crippen LogP contribution is 2.41. The number of halogens is 2. The van der Waals surface area contributed by atoms with Crippen molar-refractivity contribution in [3.8, 4) is 0 Å². The van der Waals surface area contributed by atoms with Gasteiger partial charge in [0.25, 0.3) is 0 Å². The van der Waals surface area contributed by atoms with Crippen LogP contribution in [0.5, 0.6) is 0 Å². The molecule has 3 rings (SSSR count). The fourth-order valence-corrected chi connectivity index (χ4v) is 3.90. The zero-order chi connectivity index (χ0) is 12.7. The van der Waals surface area contributed by atoms with Gasteiger partial charge in [-0.05, 0) is 42.1 Å². The summed E-state index contributed by atoms with van der Waals surface area (Å²) in [4.78, 5) is 3.82. The first-order chi connectivity index (χ1) is 8.65. The van der Waals surface area contributed by atoms with Crippen LogP contribution in [0.4, 0.5) is 0 Å². The Hall–Kier alpha value is 0.0600. The highest BCUT2D eigenvalue weighted by atomic mass is 35.5. The van der Waals surface area contributed by atoms with Crippen LogP contribution >= 0.6 is 36.3 Å². The molecule has 116 valence electrons. The lowest BCUT2D eigenvalue weighted by Gasteiger charge is -2.15. The van der Waals surface area contributed by atoms with E-state index in [1.807, 2.05) is 0 Å². The Morgan fingerprint density at radius 3 is 2.60 bits per heavy atom. The molecule has 2 aliphatic rings. The Bertz CT molecular complexity index is 422. The predicted octanol–water partition coefficient (Wildman–Crippen LogP) is 2.67. The van der Waals surface area contributed by atoms with Gasteiger partial charge in [0.1, 0.15) is 0 Å². The molecule has 2 fully saturated rings. The number of nitrogens with zero attached hydrogens (tertiary/aromatic N) is 3. The lowest BCUT2D eigenvalue weighted by Crippen LogP contribution is -2.30. The van der Waals surface area contributed by atoms with Gasteiger partial charge in [-0.1, -0.05) is 18.3 Å². The minimum Gasteiger partial charge on any atom is -0.326 e. The highest BCUT2D eigenvalue weighted by Gasteiger charge is 2.40. The standard InChI is InChI=1S/C13H22N4S.2ClH/c1-8(2)13-12(18-16-15-13)7-17-5-10(9-3-4-9)11(14)6-17;;/h8-11H,3-7,14H2,1-2H3;2*1H/t10-,11+;;/m1../s1. The normalized spacial score (nSPS) is 26.4. The maximum atomic E-state index is 6.27. The number of hydrogen-bond donors (Lipinski definition) is 1. The number of aromatic nitrogens is 2. The molecule has 20 heavy (non-hydrogen) atoms. The van der Waals surface area contributed by atoms with Gasteiger partial charge in [-0.2, -0.15) is 0 Å². The summed E-state index contributed by atoms with van der Waals surface area (Å²) in [5.74, 6) is 2.11. The minimum atomic E-state index is 0. The molecule has 1 aliphatic heterocycles. The largest absolute Gasteiger partial charge is 0.326 e. The smallest absolute Gasteiger partial charge is 0.0826 e. The quantitative estimate of drug-likeness (QED) is 0.916. The van der Waals surface area contributed by atoms with Crippen LogP contribution in [0.2, 0.25) is 0 Å². The Morgan fingerprint density at radius 1 is 1.30 bits per heavy atom. The molecule has 1 aromatic heterocycles. The Labute approximate surface area is 137 Å². The molecule has 7 heteroatoms. The Balaban J connectivity index is 0.000001000. The average molecular weight is 339 g/mol. The monoisotopic (exact) mass is 338 g/mol. The first-order valence-corrected chi connectivity index (χ1v) is 7.71. The zero-order valence-corrected chi connectivity index (χ0v) is 14.4. The van der Waals surface area contributed by atoms with Crippen LogP contribution in [0.15, 0.2) is 0 Å². The van der Waals surface area contributed by atoms with E-state index in [2.05, 4.69) is 28.3 Å². The lowest BCUT2D eigenvalue weighted by molar-refractivity contribution is 0.311. The molecule has 4 nitrogen and oxygen atoms in total. The van der Waals surface area contributed by atoms with Crippen LogP contribution in [0.3, 0.4) is 0 Å². The molecule has 2 N–H and O–H groups in total. The summed E-state index contributed by atoms with van der Waals surface area (Å²) in [6.45, 7) is 7.56. The highest BCUT2D eigenvalue weighted by molar-refractivity contribution is 7.05. The summed E-state index contributed by atoms with van der Waals surface area (Å²) in [6, 6.07) is 0.376. The maximum absolute atomic E-state index is 6.27. The van der Waals surface area contributed by atoms with Crippen LogP contribution in [-0.4, -0.2) is 33.6 Å². The van der Waals surface area contributed by atoms with Crippen LogP contribution in [-0.2, 0) is 6.54 Å². The van der Waals surface area contributed by atoms with Crippen LogP contribution in [0.25, 0.3) is 0 Å². The van der Waals surface area contributed by atoms with Crippen molar-refractivity contribution in [1.82, 2.24) is 14.5 Å². The summed E-state index contributed by atoms with van der Waals surface area (Å²) >= 11 is 1.55. The third-order valence-corrected chi connectivity index (χ3v) is 4.94. The van der Waals surface area contributed by atoms with Gasteiger partial charge in [0.15, 0.2) is 0 Å². The van der Waals surface area contributed by atoms with E-state index >= 15 is 0 Å². The molecule has 1 aromatic rings. The van der Waals surface area contributed by atoms with Crippen molar-refractivity contribution in [2.75, 3.05) is 13.1 Å². The predicted molar refractivity (Wildman–Crippen MR) is 88.0 cm³/mol. The van der Waals surface area contributed by atoms with Crippen molar-refractivity contribution in [2.45, 2.75) is 45.2 Å². The molecule has 2 atom stereocenters. The van der Waals surface area contributed by atoms with E-state index < -0.39 is 0 Å². The van der Waals surface area contributed by atoms with Crippen LogP contribution < -0.4 is 5.73 Å². The molecule has 0 unspecified atom stereocenters. The fourth-order valence-electron chi connectivity index (χ4n) is 3.06. The molecule has 0 spiro atoms. The molecular formula is C13H24Cl2N4S. The van der Waals surface area contributed by atoms with Crippen molar-refractivity contribution < 1.29 is 0 Å². The number of nitrogens with two attached hydrogens (primary N) is 1. The van der Waals surface area contributed by atoms with E-state index in [-0.39, 0.29) is 24.8 Å². The van der Waals surface area contributed by atoms with E-state index in [9.17, 15) is 0 Å². The van der Waals surface area contributed by atoms with Gasteiger partial charge in [0, 0.05) is 25.7 Å². The van der Waals surface area contributed by atoms with E-state index in [0.717, 1.165) is 24.9 Å². The first-order valence-electron chi connectivity index (χ1n) is 6.94. The zero-order valence-electron chi connectivity index (χ0n) is 12.0. The van der Waals surface area contributed by atoms with Crippen molar-refractivity contribution in [3.63, 3.8) is 0 Å². The summed E-state index contributed by atoms with van der Waals surface area (Å²) in [6.07, 6.45) is 2.79. The van der Waals surface area contributed by atoms with E-state index in [1.54, 1.807) is 11.5 Å². The molecule has 1 aliphatic carbocycles. The Morgan fingerprint density at radius 2 is 2.00 bits per heavy atom. The molecular weight excluding hydrogens is 315 g/mol. The molecule has 0 bridgehead atoms. The number of likely N-dealkylation sites (tertiary alicyclic amines) is 1. The molecule has 0 aromatic carbocycles. The van der Waals surface area contributed by atoms with Crippen molar-refractivity contribution in [2.24, 2.45) is 17.6 Å². The van der Waals surface area contributed by atoms with Gasteiger partial charge < -0.3 is 5.73 Å². The fraction of sp³-hybridized carbons (Fsp3) is 0.846. The minimum absolute atomic E-state index is 0. The maximum Gasteiger partial charge on any atom is 0.0826 e. The Kier molecular flexibility index (Phi) is 6.67. The summed E-state index contributed by atoms with van der Waals surface area (Å²) in [5, 5.41) is 4.25. The SMILES string of the molecule is CC(C)c1nnsc1CN1C[C@H](C2CC2)[C@@H](N)C1.Cl.Cl. The molecule has 2 heterocycles. The first kappa shape index (κ1) is 18.1. The second-order valence-electron chi connectivity index (χ2n) is 6.10. The molecule has 1 saturated heterocycles. The second-order valence-corrected chi connectivity index (χ2v) is 6.93. The average Bonchev–Trinajstić information content (AvgIpc) is 2.94. The third kappa shape index (κ3) is 3.83. The van der Waals surface area contributed by atoms with Crippen molar-refractivity contribution in [3.05, 3.63) is 10.6 Å². The lowest BCUT2D eigenvalue weighted by atomic mass is 9.99. The van der Waals surface area contributed by atoms with Gasteiger partial charge in [0.2, 0.25) is 0 Å². The van der Waals surface area contributed by atoms with Gasteiger partial charge in [0.05, 0.1) is 10.6 Å². The van der Waals surface area contributed by atoms with Crippen LogP contribution in [0, 0.1) is 11.8 Å². The molecule has 0 radical (unpaired) electrons. The molecule has 0 amide bonds. The number of hydrogen-bond acceptors (Lipinski definition) is 5. The van der Waals surface area contributed by atoms with Gasteiger partial charge in [-0.3, -0.25) is 4.90 Å². The van der Waals surface area contributed by atoms with Gasteiger partial charge in [-0.25, -0.2) is 0 Å². The topological polar surface area (TPSA) is 55.0 Å². The van der Waals surface area contributed by atoms with Gasteiger partial charge in [-0.15, -0.1) is 29.9 Å². The third-order valence-electron chi connectivity index (χ3n) is 4.21. The summed E-state index contributed by atoms with van der Waals surface area (Å²) in [7, 11) is 0. The van der Waals surface area contributed by atoms with E-state index in [1.165, 1.54) is 30.0 Å². The van der Waals surface area contributed by atoms with Crippen molar-refractivity contribution in [1.29, 1.82) is 0 Å². The summed E-state index contributed by atoms with van der Waals surface area (Å²) < 4.78 is 4.10. The van der Waals surface area contributed by atoms with E-state index in [4.69, 9.17) is 5.73 Å². The van der Waals surface area contributed by atoms with Gasteiger partial charge >= 0.3 is 0 Å². The van der Waals surface area contributed by atoms with E-state index in [0.29, 0.717) is 12.0 Å². The summed E-state index contributed by atoms with van der Waals surface area (Å²) in [5.41, 5.74) is 7.44. The van der Waals surface area contributed by atoms with Crippen LogP contribution in [0.1, 0.15) is 43.2 Å². The number of rotatable bonds is 4. The second kappa shape index (κ2) is 7.36.